The predicted octanol–water partition coefficient (Wildman–Crippen LogP) is 2.66. The van der Waals surface area contributed by atoms with Gasteiger partial charge in [-0.1, -0.05) is 13.8 Å². The molecular formula is C18H26N2O3S. The average molecular weight is 350 g/mol. The van der Waals surface area contributed by atoms with Gasteiger partial charge in [0, 0.05) is 24.7 Å². The van der Waals surface area contributed by atoms with Crippen LogP contribution < -0.4 is 4.31 Å². The molecule has 1 fully saturated rings. The van der Waals surface area contributed by atoms with E-state index in [1.807, 2.05) is 11.0 Å². The van der Waals surface area contributed by atoms with Crippen LogP contribution in [0.25, 0.3) is 0 Å². The van der Waals surface area contributed by atoms with Crippen LogP contribution in [0.1, 0.15) is 49.0 Å². The highest BCUT2D eigenvalue weighted by Gasteiger charge is 2.34. The Balaban J connectivity index is 1.81. The van der Waals surface area contributed by atoms with E-state index < -0.39 is 10.0 Å². The molecule has 1 aromatic rings. The van der Waals surface area contributed by atoms with Crippen molar-refractivity contribution in [3.8, 4) is 0 Å². The number of carbonyl (C=O) groups excluding carboxylic acids is 1. The summed E-state index contributed by atoms with van der Waals surface area (Å²) in [5.74, 6) is 0.654. The smallest absolute Gasteiger partial charge is 0.254 e. The molecule has 1 heterocycles. The summed E-state index contributed by atoms with van der Waals surface area (Å²) in [6.07, 6.45) is 5.09. The summed E-state index contributed by atoms with van der Waals surface area (Å²) in [5, 5.41) is 0. The predicted molar refractivity (Wildman–Crippen MR) is 95.8 cm³/mol. The van der Waals surface area contributed by atoms with E-state index in [4.69, 9.17) is 0 Å². The fourth-order valence-corrected chi connectivity index (χ4v) is 4.21. The molecule has 132 valence electrons. The van der Waals surface area contributed by atoms with E-state index in [0.717, 1.165) is 31.4 Å². The summed E-state index contributed by atoms with van der Waals surface area (Å²) in [6.45, 7) is 5.61. The zero-order valence-electron chi connectivity index (χ0n) is 14.7. The van der Waals surface area contributed by atoms with Crippen LogP contribution in [0.3, 0.4) is 0 Å². The van der Waals surface area contributed by atoms with Gasteiger partial charge in [0.25, 0.3) is 5.91 Å². The van der Waals surface area contributed by atoms with Gasteiger partial charge in [0.1, 0.15) is 0 Å². The first-order chi connectivity index (χ1) is 11.3. The van der Waals surface area contributed by atoms with Gasteiger partial charge in [-0.2, -0.15) is 0 Å². The van der Waals surface area contributed by atoms with Crippen molar-refractivity contribution >= 4 is 21.6 Å². The number of nitrogens with zero attached hydrogens (tertiary/aromatic N) is 2. The Hall–Kier alpha value is -1.56. The van der Waals surface area contributed by atoms with Gasteiger partial charge in [-0.25, -0.2) is 8.42 Å². The first-order valence-corrected chi connectivity index (χ1v) is 10.5. The summed E-state index contributed by atoms with van der Waals surface area (Å²) < 4.78 is 25.1. The van der Waals surface area contributed by atoms with Crippen molar-refractivity contribution in [2.45, 2.75) is 45.6 Å². The van der Waals surface area contributed by atoms with Crippen molar-refractivity contribution < 1.29 is 13.2 Å². The summed E-state index contributed by atoms with van der Waals surface area (Å²) in [6, 6.07) is 5.82. The summed E-state index contributed by atoms with van der Waals surface area (Å²) in [5.41, 5.74) is 2.35. The normalized spacial score (nSPS) is 17.2. The Bertz CT molecular complexity index is 739. The minimum absolute atomic E-state index is 0.0822. The van der Waals surface area contributed by atoms with Crippen LogP contribution in [0, 0.1) is 5.92 Å². The van der Waals surface area contributed by atoms with E-state index in [-0.39, 0.29) is 5.91 Å². The Morgan fingerprint density at radius 3 is 2.62 bits per heavy atom. The van der Waals surface area contributed by atoms with Crippen LogP contribution in [0.4, 0.5) is 5.69 Å². The average Bonchev–Trinajstić information content (AvgIpc) is 3.23. The third-order valence-corrected chi connectivity index (χ3v) is 5.96. The summed E-state index contributed by atoms with van der Waals surface area (Å²) >= 11 is 0. The minimum atomic E-state index is -3.25. The van der Waals surface area contributed by atoms with Gasteiger partial charge in [0.2, 0.25) is 10.0 Å². The fourth-order valence-electron chi connectivity index (χ4n) is 3.25. The molecule has 6 heteroatoms. The number of fused-ring (bicyclic) bond motifs is 1. The number of rotatable bonds is 6. The van der Waals surface area contributed by atoms with Gasteiger partial charge in [-0.15, -0.1) is 0 Å². The Morgan fingerprint density at radius 2 is 2.04 bits per heavy atom. The molecule has 3 rings (SSSR count). The quantitative estimate of drug-likeness (QED) is 0.792. The molecule has 0 atom stereocenters. The Kier molecular flexibility index (Phi) is 4.60. The lowest BCUT2D eigenvalue weighted by Gasteiger charge is -2.24. The molecule has 2 aliphatic rings. The van der Waals surface area contributed by atoms with Gasteiger partial charge in [0.05, 0.1) is 11.9 Å². The fraction of sp³-hybridized carbons (Fsp3) is 0.611. The monoisotopic (exact) mass is 350 g/mol. The summed E-state index contributed by atoms with van der Waals surface area (Å²) in [4.78, 5) is 14.9. The van der Waals surface area contributed by atoms with Crippen LogP contribution >= 0.6 is 0 Å². The highest BCUT2D eigenvalue weighted by atomic mass is 32.2. The van der Waals surface area contributed by atoms with Crippen LogP contribution in [0.5, 0.6) is 0 Å². The van der Waals surface area contributed by atoms with Crippen molar-refractivity contribution in [2.24, 2.45) is 5.92 Å². The SMILES string of the molecule is CC(C)CCN(C(=O)c1ccc2c(c1)CCN2S(C)(=O)=O)C1CC1. The lowest BCUT2D eigenvalue weighted by atomic mass is 10.1. The number of benzene rings is 1. The zero-order chi connectivity index (χ0) is 17.5. The Morgan fingerprint density at radius 1 is 1.33 bits per heavy atom. The number of amides is 1. The van der Waals surface area contributed by atoms with E-state index in [1.54, 1.807) is 12.1 Å². The number of carbonyl (C=O) groups is 1. The van der Waals surface area contributed by atoms with Crippen LogP contribution in [-0.4, -0.2) is 44.6 Å². The van der Waals surface area contributed by atoms with E-state index in [0.29, 0.717) is 36.2 Å². The zero-order valence-corrected chi connectivity index (χ0v) is 15.5. The first kappa shape index (κ1) is 17.3. The van der Waals surface area contributed by atoms with E-state index in [9.17, 15) is 13.2 Å². The number of anilines is 1. The molecule has 0 spiro atoms. The van der Waals surface area contributed by atoms with E-state index in [1.165, 1.54) is 10.6 Å². The van der Waals surface area contributed by atoms with Crippen LogP contribution in [0.15, 0.2) is 18.2 Å². The second-order valence-electron chi connectivity index (χ2n) is 7.34. The number of hydrogen-bond donors (Lipinski definition) is 0. The van der Waals surface area contributed by atoms with Gasteiger partial charge in [-0.05, 0) is 55.4 Å². The largest absolute Gasteiger partial charge is 0.336 e. The highest BCUT2D eigenvalue weighted by molar-refractivity contribution is 7.92. The van der Waals surface area contributed by atoms with Gasteiger partial charge >= 0.3 is 0 Å². The van der Waals surface area contributed by atoms with E-state index in [2.05, 4.69) is 13.8 Å². The second kappa shape index (κ2) is 6.39. The second-order valence-corrected chi connectivity index (χ2v) is 9.25. The molecule has 24 heavy (non-hydrogen) atoms. The third kappa shape index (κ3) is 3.58. The van der Waals surface area contributed by atoms with Crippen molar-refractivity contribution in [1.29, 1.82) is 0 Å². The van der Waals surface area contributed by atoms with Crippen molar-refractivity contribution in [3.05, 3.63) is 29.3 Å². The van der Waals surface area contributed by atoms with Crippen molar-refractivity contribution in [1.82, 2.24) is 4.90 Å². The third-order valence-electron chi connectivity index (χ3n) is 4.78. The molecule has 0 unspecified atom stereocenters. The topological polar surface area (TPSA) is 57.7 Å². The van der Waals surface area contributed by atoms with Crippen molar-refractivity contribution in [3.63, 3.8) is 0 Å². The van der Waals surface area contributed by atoms with Gasteiger partial charge in [-0.3, -0.25) is 9.10 Å². The molecule has 1 aliphatic carbocycles. The Labute approximate surface area is 144 Å². The van der Waals surface area contributed by atoms with Crippen LogP contribution in [0.2, 0.25) is 0 Å². The van der Waals surface area contributed by atoms with Crippen molar-refractivity contribution in [2.75, 3.05) is 23.7 Å². The van der Waals surface area contributed by atoms with Crippen LogP contribution in [-0.2, 0) is 16.4 Å². The molecule has 5 nitrogen and oxygen atoms in total. The molecule has 1 amide bonds. The maximum atomic E-state index is 12.9. The molecule has 0 radical (unpaired) electrons. The van der Waals surface area contributed by atoms with Gasteiger partial charge < -0.3 is 4.90 Å². The standard InChI is InChI=1S/C18H26N2O3S/c1-13(2)8-10-19(16-5-6-16)18(21)15-4-7-17-14(12-15)9-11-20(17)24(3,22)23/h4,7,12-13,16H,5-6,8-11H2,1-3H3. The summed E-state index contributed by atoms with van der Waals surface area (Å²) in [7, 11) is -3.25. The molecular weight excluding hydrogens is 324 g/mol. The maximum absolute atomic E-state index is 12.9. The minimum Gasteiger partial charge on any atom is -0.336 e. The molecule has 0 bridgehead atoms. The molecule has 0 saturated heterocycles. The number of hydrogen-bond acceptors (Lipinski definition) is 3. The lowest BCUT2D eigenvalue weighted by molar-refractivity contribution is 0.0735. The molecule has 1 saturated carbocycles. The highest BCUT2D eigenvalue weighted by Crippen LogP contribution is 2.33. The molecule has 1 aromatic carbocycles. The lowest BCUT2D eigenvalue weighted by Crippen LogP contribution is -2.34. The number of sulfonamides is 1. The molecule has 0 aromatic heterocycles. The molecule has 1 aliphatic heterocycles. The first-order valence-electron chi connectivity index (χ1n) is 8.69. The maximum Gasteiger partial charge on any atom is 0.254 e. The molecule has 0 N–H and O–H groups in total. The van der Waals surface area contributed by atoms with E-state index >= 15 is 0 Å². The van der Waals surface area contributed by atoms with Gasteiger partial charge in [0.15, 0.2) is 0 Å².